The van der Waals surface area contributed by atoms with E-state index in [4.69, 9.17) is 10.8 Å². The van der Waals surface area contributed by atoms with Crippen LogP contribution in [0, 0.1) is 0 Å². The van der Waals surface area contributed by atoms with Crippen molar-refractivity contribution in [1.29, 1.82) is 0 Å². The van der Waals surface area contributed by atoms with Crippen LogP contribution < -0.4 is 5.73 Å². The number of hydrogen-bond donors (Lipinski definition) is 2. The van der Waals surface area contributed by atoms with E-state index in [1.165, 1.54) is 6.92 Å². The average Bonchev–Trinajstić information content (AvgIpc) is 2.26. The van der Waals surface area contributed by atoms with Crippen molar-refractivity contribution >= 4 is 11.7 Å². The van der Waals surface area contributed by atoms with Crippen molar-refractivity contribution in [2.75, 3.05) is 5.73 Å². The summed E-state index contributed by atoms with van der Waals surface area (Å²) in [6.45, 7) is 3.08. The third-order valence-electron chi connectivity index (χ3n) is 3.15. The Bertz CT molecular complexity index is 471. The van der Waals surface area contributed by atoms with Crippen LogP contribution in [-0.4, -0.2) is 11.1 Å². The zero-order valence-electron chi connectivity index (χ0n) is 10.0. The molecule has 1 aromatic rings. The Morgan fingerprint density at radius 3 is 2.28 bits per heavy atom. The van der Waals surface area contributed by atoms with Crippen LogP contribution in [0.2, 0.25) is 0 Å². The zero-order valence-corrected chi connectivity index (χ0v) is 10.0. The maximum Gasteiger partial charge on any atom is 0.416 e. The van der Waals surface area contributed by atoms with Gasteiger partial charge in [-0.25, -0.2) is 0 Å². The molecule has 0 radical (unpaired) electrons. The number of benzene rings is 1. The van der Waals surface area contributed by atoms with E-state index in [9.17, 15) is 18.0 Å². The molecule has 100 valence electrons. The van der Waals surface area contributed by atoms with E-state index in [-0.39, 0.29) is 17.7 Å². The van der Waals surface area contributed by atoms with Gasteiger partial charge in [0.1, 0.15) is 0 Å². The molecule has 0 aliphatic heterocycles. The van der Waals surface area contributed by atoms with E-state index in [0.717, 1.165) is 18.2 Å². The molecule has 0 aliphatic carbocycles. The van der Waals surface area contributed by atoms with Gasteiger partial charge in [-0.3, -0.25) is 4.79 Å². The Hall–Kier alpha value is -1.72. The SMILES string of the molecule is CCC(C)(C(=O)O)c1ccc(C(F)(F)F)cc1N. The molecule has 0 amide bonds. The lowest BCUT2D eigenvalue weighted by atomic mass is 9.79. The summed E-state index contributed by atoms with van der Waals surface area (Å²) >= 11 is 0. The summed E-state index contributed by atoms with van der Waals surface area (Å²) < 4.78 is 37.4. The summed E-state index contributed by atoms with van der Waals surface area (Å²) in [6, 6.07) is 2.75. The van der Waals surface area contributed by atoms with Gasteiger partial charge in [0.15, 0.2) is 0 Å². The molecule has 3 nitrogen and oxygen atoms in total. The third-order valence-corrected chi connectivity index (χ3v) is 3.15. The molecule has 0 aromatic heterocycles. The van der Waals surface area contributed by atoms with Crippen LogP contribution >= 0.6 is 0 Å². The van der Waals surface area contributed by atoms with Crippen LogP contribution in [0.1, 0.15) is 31.4 Å². The number of carboxylic acids is 1. The normalized spacial score (nSPS) is 15.2. The molecule has 0 heterocycles. The second-order valence-corrected chi connectivity index (χ2v) is 4.29. The number of carbonyl (C=O) groups is 1. The Labute approximate surface area is 102 Å². The molecular weight excluding hydrogens is 247 g/mol. The van der Waals surface area contributed by atoms with Crippen molar-refractivity contribution < 1.29 is 23.1 Å². The Balaban J connectivity index is 3.33. The van der Waals surface area contributed by atoms with Gasteiger partial charge in [-0.2, -0.15) is 13.2 Å². The minimum Gasteiger partial charge on any atom is -0.481 e. The number of aliphatic carboxylic acids is 1. The lowest BCUT2D eigenvalue weighted by molar-refractivity contribution is -0.143. The van der Waals surface area contributed by atoms with Gasteiger partial charge in [0, 0.05) is 5.69 Å². The molecule has 0 saturated carbocycles. The van der Waals surface area contributed by atoms with E-state index in [2.05, 4.69) is 0 Å². The molecular formula is C12H14F3NO2. The van der Waals surface area contributed by atoms with Gasteiger partial charge >= 0.3 is 12.1 Å². The van der Waals surface area contributed by atoms with E-state index in [1.54, 1.807) is 6.92 Å². The fourth-order valence-electron chi connectivity index (χ4n) is 1.70. The lowest BCUT2D eigenvalue weighted by Crippen LogP contribution is -2.32. The van der Waals surface area contributed by atoms with Crippen molar-refractivity contribution in [1.82, 2.24) is 0 Å². The second kappa shape index (κ2) is 4.51. The van der Waals surface area contributed by atoms with Crippen molar-refractivity contribution in [3.05, 3.63) is 29.3 Å². The summed E-state index contributed by atoms with van der Waals surface area (Å²) in [5, 5.41) is 9.16. The molecule has 1 unspecified atom stereocenters. The molecule has 1 atom stereocenters. The fourth-order valence-corrected chi connectivity index (χ4v) is 1.70. The highest BCUT2D eigenvalue weighted by molar-refractivity contribution is 5.83. The van der Waals surface area contributed by atoms with Crippen LogP contribution in [0.5, 0.6) is 0 Å². The van der Waals surface area contributed by atoms with Crippen molar-refractivity contribution in [2.24, 2.45) is 0 Å². The first-order valence-corrected chi connectivity index (χ1v) is 5.33. The molecule has 0 fully saturated rings. The largest absolute Gasteiger partial charge is 0.481 e. The van der Waals surface area contributed by atoms with Gasteiger partial charge in [-0.15, -0.1) is 0 Å². The van der Waals surface area contributed by atoms with Gasteiger partial charge < -0.3 is 10.8 Å². The molecule has 3 N–H and O–H groups in total. The molecule has 0 spiro atoms. The number of anilines is 1. The van der Waals surface area contributed by atoms with E-state index in [1.807, 2.05) is 0 Å². The van der Waals surface area contributed by atoms with E-state index < -0.39 is 23.1 Å². The summed E-state index contributed by atoms with van der Waals surface area (Å²) in [6.07, 6.45) is -4.25. The van der Waals surface area contributed by atoms with E-state index in [0.29, 0.717) is 0 Å². The van der Waals surface area contributed by atoms with Crippen molar-refractivity contribution in [3.63, 3.8) is 0 Å². The highest BCUT2D eigenvalue weighted by Gasteiger charge is 2.37. The minimum atomic E-state index is -4.49. The van der Waals surface area contributed by atoms with Gasteiger partial charge in [0.05, 0.1) is 11.0 Å². The smallest absolute Gasteiger partial charge is 0.416 e. The van der Waals surface area contributed by atoms with Crippen LogP contribution in [-0.2, 0) is 16.4 Å². The first-order valence-electron chi connectivity index (χ1n) is 5.33. The Morgan fingerprint density at radius 1 is 1.39 bits per heavy atom. The topological polar surface area (TPSA) is 63.3 Å². The zero-order chi connectivity index (χ0) is 14.1. The number of alkyl halides is 3. The van der Waals surface area contributed by atoms with Crippen molar-refractivity contribution in [3.8, 4) is 0 Å². The third kappa shape index (κ3) is 2.42. The Morgan fingerprint density at radius 2 is 1.94 bits per heavy atom. The number of nitrogens with two attached hydrogens (primary N) is 1. The maximum absolute atomic E-state index is 12.5. The highest BCUT2D eigenvalue weighted by atomic mass is 19.4. The quantitative estimate of drug-likeness (QED) is 0.822. The van der Waals surface area contributed by atoms with E-state index >= 15 is 0 Å². The summed E-state index contributed by atoms with van der Waals surface area (Å²) in [5.41, 5.74) is 3.43. The number of nitrogen functional groups attached to an aromatic ring is 1. The van der Waals surface area contributed by atoms with Crippen LogP contribution in [0.15, 0.2) is 18.2 Å². The van der Waals surface area contributed by atoms with Crippen LogP contribution in [0.25, 0.3) is 0 Å². The van der Waals surface area contributed by atoms with Gasteiger partial charge in [0.25, 0.3) is 0 Å². The second-order valence-electron chi connectivity index (χ2n) is 4.29. The van der Waals surface area contributed by atoms with Gasteiger partial charge in [0.2, 0.25) is 0 Å². The monoisotopic (exact) mass is 261 g/mol. The van der Waals surface area contributed by atoms with Gasteiger partial charge in [-0.1, -0.05) is 13.0 Å². The standard InChI is InChI=1S/C12H14F3NO2/c1-3-11(2,10(17)18)8-5-4-7(6-9(8)16)12(13,14)15/h4-6H,3,16H2,1-2H3,(H,17,18). The molecule has 1 rings (SSSR count). The number of rotatable bonds is 3. The first kappa shape index (κ1) is 14.3. The number of carboxylic acid groups (broad SMARTS) is 1. The Kier molecular flexibility index (Phi) is 3.59. The predicted molar refractivity (Wildman–Crippen MR) is 61.1 cm³/mol. The molecule has 6 heteroatoms. The molecule has 0 aliphatic rings. The highest BCUT2D eigenvalue weighted by Crippen LogP contribution is 2.36. The molecule has 18 heavy (non-hydrogen) atoms. The summed E-state index contributed by atoms with van der Waals surface area (Å²) in [5.74, 6) is -1.11. The minimum absolute atomic E-state index is 0.156. The number of halogens is 3. The molecule has 0 bridgehead atoms. The van der Waals surface area contributed by atoms with Crippen LogP contribution in [0.4, 0.5) is 18.9 Å². The molecule has 1 aromatic carbocycles. The van der Waals surface area contributed by atoms with Crippen molar-refractivity contribution in [2.45, 2.75) is 31.9 Å². The lowest BCUT2D eigenvalue weighted by Gasteiger charge is -2.25. The maximum atomic E-state index is 12.5. The predicted octanol–water partition coefficient (Wildman–Crippen LogP) is 3.04. The summed E-state index contributed by atoms with van der Waals surface area (Å²) in [4.78, 5) is 11.2. The first-order chi connectivity index (χ1) is 8.13. The van der Waals surface area contributed by atoms with Gasteiger partial charge in [-0.05, 0) is 31.0 Å². The fraction of sp³-hybridized carbons (Fsp3) is 0.417. The van der Waals surface area contributed by atoms with Crippen LogP contribution in [0.3, 0.4) is 0 Å². The average molecular weight is 261 g/mol. The summed E-state index contributed by atoms with van der Waals surface area (Å²) in [7, 11) is 0. The molecule has 0 saturated heterocycles. The number of hydrogen-bond acceptors (Lipinski definition) is 2.